The van der Waals surface area contributed by atoms with Crippen molar-refractivity contribution in [2.24, 2.45) is 0 Å². The number of fused-ring (bicyclic) bond motifs is 3. The second-order valence-corrected chi connectivity index (χ2v) is 11.8. The van der Waals surface area contributed by atoms with Gasteiger partial charge >= 0.3 is 0 Å². The molecular formula is C32H36NOP. The molecule has 3 aromatic carbocycles. The highest BCUT2D eigenvalue weighted by Crippen LogP contribution is 2.44. The second kappa shape index (κ2) is 9.67. The maximum Gasteiger partial charge on any atom is 0.159 e. The van der Waals surface area contributed by atoms with E-state index in [4.69, 9.17) is 4.42 Å². The number of nitrogens with zero attached hydrogens (tertiary/aromatic N) is 1. The topological polar surface area (TPSA) is 16.4 Å². The number of hydrogen-bond donors (Lipinski definition) is 0. The lowest BCUT2D eigenvalue weighted by molar-refractivity contribution is 0.442. The van der Waals surface area contributed by atoms with Gasteiger partial charge < -0.3 is 9.32 Å². The first-order valence-corrected chi connectivity index (χ1v) is 13.4. The Morgan fingerprint density at radius 3 is 2.23 bits per heavy atom. The number of anilines is 2. The van der Waals surface area contributed by atoms with E-state index in [0.29, 0.717) is 5.92 Å². The molecule has 1 heterocycles. The molecule has 0 N–H and O–H groups in total. The van der Waals surface area contributed by atoms with Crippen LogP contribution in [-0.2, 0) is 5.16 Å². The van der Waals surface area contributed by atoms with Crippen LogP contribution in [0.25, 0.3) is 21.9 Å². The van der Waals surface area contributed by atoms with Gasteiger partial charge in [0.05, 0.1) is 5.69 Å². The van der Waals surface area contributed by atoms with E-state index in [1.807, 2.05) is 6.08 Å². The van der Waals surface area contributed by atoms with Crippen LogP contribution in [0.3, 0.4) is 0 Å². The third-order valence-corrected chi connectivity index (χ3v) is 7.79. The average molecular weight is 482 g/mol. The summed E-state index contributed by atoms with van der Waals surface area (Å²) in [6.45, 7) is 10.6. The van der Waals surface area contributed by atoms with Gasteiger partial charge in [-0.1, -0.05) is 88.2 Å². The highest BCUT2D eigenvalue weighted by Gasteiger charge is 2.24. The van der Waals surface area contributed by atoms with E-state index in [2.05, 4.69) is 108 Å². The molecule has 180 valence electrons. The van der Waals surface area contributed by atoms with E-state index in [0.717, 1.165) is 28.2 Å². The van der Waals surface area contributed by atoms with Crippen molar-refractivity contribution in [3.63, 3.8) is 0 Å². The minimum absolute atomic E-state index is 0.0273. The summed E-state index contributed by atoms with van der Waals surface area (Å²) in [5, 5.41) is 2.41. The second-order valence-electron chi connectivity index (χ2n) is 10.3. The van der Waals surface area contributed by atoms with Crippen molar-refractivity contribution in [2.45, 2.75) is 63.9 Å². The minimum atomic E-state index is 0.0273. The lowest BCUT2D eigenvalue weighted by Crippen LogP contribution is -2.15. The average Bonchev–Trinajstić information content (AvgIpc) is 3.27. The third kappa shape index (κ3) is 4.45. The molecule has 35 heavy (non-hydrogen) atoms. The van der Waals surface area contributed by atoms with Crippen LogP contribution in [0.15, 0.2) is 89.5 Å². The SMILES string of the molecule is C=C/C(=C/C)N(c1ccc(C(C)(C)P)cc1)c1cccc2c1oc1c(C3CCCCC3)cccc12. The fourth-order valence-electron chi connectivity index (χ4n) is 5.54. The number of benzene rings is 3. The molecule has 0 aliphatic heterocycles. The largest absolute Gasteiger partial charge is 0.454 e. The minimum Gasteiger partial charge on any atom is -0.454 e. The molecule has 1 atom stereocenters. The summed E-state index contributed by atoms with van der Waals surface area (Å²) >= 11 is 0. The maximum absolute atomic E-state index is 6.78. The van der Waals surface area contributed by atoms with Crippen molar-refractivity contribution in [1.82, 2.24) is 0 Å². The van der Waals surface area contributed by atoms with E-state index in [1.54, 1.807) is 0 Å². The van der Waals surface area contributed by atoms with Gasteiger partial charge in [0.1, 0.15) is 5.58 Å². The van der Waals surface area contributed by atoms with Crippen molar-refractivity contribution < 1.29 is 4.42 Å². The maximum atomic E-state index is 6.78. The predicted molar refractivity (Wildman–Crippen MR) is 155 cm³/mol. The lowest BCUT2D eigenvalue weighted by atomic mass is 9.83. The van der Waals surface area contributed by atoms with Crippen LogP contribution in [-0.4, -0.2) is 0 Å². The molecule has 0 saturated heterocycles. The van der Waals surface area contributed by atoms with Crippen LogP contribution >= 0.6 is 9.24 Å². The van der Waals surface area contributed by atoms with E-state index < -0.39 is 0 Å². The quantitative estimate of drug-likeness (QED) is 0.201. The first kappa shape index (κ1) is 23.9. The van der Waals surface area contributed by atoms with Crippen molar-refractivity contribution in [2.75, 3.05) is 4.90 Å². The molecule has 0 bridgehead atoms. The Labute approximate surface area is 211 Å². The zero-order valence-electron chi connectivity index (χ0n) is 21.2. The van der Waals surface area contributed by atoms with Crippen LogP contribution in [0.5, 0.6) is 0 Å². The van der Waals surface area contributed by atoms with Gasteiger partial charge in [0.15, 0.2) is 5.58 Å². The Balaban J connectivity index is 1.70. The van der Waals surface area contributed by atoms with E-state index in [-0.39, 0.29) is 5.16 Å². The van der Waals surface area contributed by atoms with Crippen LogP contribution in [0.4, 0.5) is 11.4 Å². The van der Waals surface area contributed by atoms with Gasteiger partial charge in [-0.15, -0.1) is 9.24 Å². The Hall–Kier alpha value is -2.83. The van der Waals surface area contributed by atoms with E-state index in [9.17, 15) is 0 Å². The van der Waals surface area contributed by atoms with Gasteiger partial charge in [-0.3, -0.25) is 0 Å². The molecule has 1 unspecified atom stereocenters. The normalized spacial score (nSPS) is 15.6. The first-order chi connectivity index (χ1) is 16.9. The smallest absolute Gasteiger partial charge is 0.159 e. The molecule has 1 aliphatic rings. The van der Waals surface area contributed by atoms with Gasteiger partial charge in [0.2, 0.25) is 0 Å². The van der Waals surface area contributed by atoms with Gasteiger partial charge in [0, 0.05) is 27.3 Å². The number of furan rings is 1. The number of allylic oxidation sites excluding steroid dienone is 2. The summed E-state index contributed by atoms with van der Waals surface area (Å²) in [6.07, 6.45) is 10.5. The Morgan fingerprint density at radius 2 is 1.60 bits per heavy atom. The van der Waals surface area contributed by atoms with Crippen LogP contribution in [0.1, 0.15) is 69.9 Å². The Bertz CT molecular complexity index is 1380. The number of rotatable bonds is 6. The molecule has 1 aliphatic carbocycles. The van der Waals surface area contributed by atoms with Crippen LogP contribution in [0.2, 0.25) is 0 Å². The van der Waals surface area contributed by atoms with Crippen molar-refractivity contribution in [3.8, 4) is 0 Å². The van der Waals surface area contributed by atoms with Gasteiger partial charge in [-0.2, -0.15) is 0 Å². The third-order valence-electron chi connectivity index (χ3n) is 7.45. The summed E-state index contributed by atoms with van der Waals surface area (Å²) in [4.78, 5) is 2.26. The van der Waals surface area contributed by atoms with Gasteiger partial charge in [-0.25, -0.2) is 0 Å². The molecule has 4 aromatic rings. The summed E-state index contributed by atoms with van der Waals surface area (Å²) in [5.74, 6) is 0.592. The summed E-state index contributed by atoms with van der Waals surface area (Å²) in [6, 6.07) is 22.0. The Kier molecular flexibility index (Phi) is 6.60. The molecular weight excluding hydrogens is 445 g/mol. The molecule has 1 saturated carbocycles. The fraction of sp³-hybridized carbons (Fsp3) is 0.312. The van der Waals surface area contributed by atoms with Crippen molar-refractivity contribution in [1.29, 1.82) is 0 Å². The van der Waals surface area contributed by atoms with E-state index >= 15 is 0 Å². The van der Waals surface area contributed by atoms with Crippen LogP contribution in [0, 0.1) is 0 Å². The van der Waals surface area contributed by atoms with Crippen molar-refractivity contribution in [3.05, 3.63) is 96.2 Å². The molecule has 1 fully saturated rings. The molecule has 0 spiro atoms. The predicted octanol–water partition coefficient (Wildman–Crippen LogP) is 9.97. The summed E-state index contributed by atoms with van der Waals surface area (Å²) in [7, 11) is 2.93. The zero-order chi connectivity index (χ0) is 24.6. The highest BCUT2D eigenvalue weighted by molar-refractivity contribution is 7.18. The van der Waals surface area contributed by atoms with Crippen LogP contribution < -0.4 is 4.90 Å². The lowest BCUT2D eigenvalue weighted by Gasteiger charge is -2.27. The number of para-hydroxylation sites is 2. The monoisotopic (exact) mass is 481 g/mol. The summed E-state index contributed by atoms with van der Waals surface area (Å²) < 4.78 is 6.78. The molecule has 1 aromatic heterocycles. The fourth-order valence-corrected chi connectivity index (χ4v) is 5.74. The standard InChI is InChI=1S/C32H36NOP/c1-5-24(6-2)33(25-20-18-23(19-21-25)32(3,4)35)29-17-11-16-28-27-15-10-14-26(30(27)34-31(28)29)22-12-8-7-9-13-22/h5-6,10-11,14-22H,1,7-9,12-13,35H2,2-4H3/b24-6-. The van der Waals surface area contributed by atoms with E-state index in [1.165, 1.54) is 54.0 Å². The zero-order valence-corrected chi connectivity index (χ0v) is 22.3. The molecule has 0 radical (unpaired) electrons. The molecule has 5 rings (SSSR count). The highest BCUT2D eigenvalue weighted by atomic mass is 31.0. The summed E-state index contributed by atoms with van der Waals surface area (Å²) in [5.41, 5.74) is 7.81. The number of hydrogen-bond acceptors (Lipinski definition) is 2. The first-order valence-electron chi connectivity index (χ1n) is 12.8. The Morgan fingerprint density at radius 1 is 0.943 bits per heavy atom. The van der Waals surface area contributed by atoms with Crippen molar-refractivity contribution >= 4 is 42.6 Å². The molecule has 3 heteroatoms. The van der Waals surface area contributed by atoms with Gasteiger partial charge in [0.25, 0.3) is 0 Å². The molecule has 0 amide bonds. The van der Waals surface area contributed by atoms with Gasteiger partial charge in [-0.05, 0) is 61.1 Å². The molecule has 2 nitrogen and oxygen atoms in total.